The van der Waals surface area contributed by atoms with Crippen molar-refractivity contribution in [2.45, 2.75) is 32.9 Å². The molecule has 1 aromatic heterocycles. The number of hydrogen-bond donors (Lipinski definition) is 2. The van der Waals surface area contributed by atoms with Gasteiger partial charge < -0.3 is 10.4 Å². The van der Waals surface area contributed by atoms with Crippen LogP contribution in [0.2, 0.25) is 0 Å². The van der Waals surface area contributed by atoms with E-state index < -0.39 is 0 Å². The van der Waals surface area contributed by atoms with Crippen molar-refractivity contribution < 1.29 is 5.11 Å². The van der Waals surface area contributed by atoms with E-state index in [0.29, 0.717) is 0 Å². The van der Waals surface area contributed by atoms with Gasteiger partial charge in [-0.1, -0.05) is 6.92 Å². The van der Waals surface area contributed by atoms with Gasteiger partial charge in [-0.2, -0.15) is 0 Å². The summed E-state index contributed by atoms with van der Waals surface area (Å²) in [6.45, 7) is 5.09. The van der Waals surface area contributed by atoms with E-state index in [2.05, 4.69) is 17.2 Å². The first-order valence-corrected chi connectivity index (χ1v) is 5.39. The fourth-order valence-electron chi connectivity index (χ4n) is 1.07. The molecule has 74 valence electrons. The SMILES string of the molecule is CC[C@@H](CO)NCc1scnc1C. The summed E-state index contributed by atoms with van der Waals surface area (Å²) in [4.78, 5) is 5.42. The molecule has 0 amide bonds. The molecule has 3 nitrogen and oxygen atoms in total. The number of rotatable bonds is 5. The first-order chi connectivity index (χ1) is 6.27. The van der Waals surface area contributed by atoms with Crippen molar-refractivity contribution in [1.29, 1.82) is 0 Å². The summed E-state index contributed by atoms with van der Waals surface area (Å²) < 4.78 is 0. The fourth-order valence-corrected chi connectivity index (χ4v) is 1.80. The molecule has 0 bridgehead atoms. The van der Waals surface area contributed by atoms with E-state index in [0.717, 1.165) is 18.7 Å². The molecular weight excluding hydrogens is 184 g/mol. The van der Waals surface area contributed by atoms with Gasteiger partial charge >= 0.3 is 0 Å². The molecule has 1 aromatic rings. The van der Waals surface area contributed by atoms with E-state index >= 15 is 0 Å². The Balaban J connectivity index is 2.38. The van der Waals surface area contributed by atoms with Gasteiger partial charge in [-0.3, -0.25) is 0 Å². The van der Waals surface area contributed by atoms with E-state index in [1.165, 1.54) is 4.88 Å². The molecule has 0 aromatic carbocycles. The highest BCUT2D eigenvalue weighted by Gasteiger charge is 2.05. The van der Waals surface area contributed by atoms with Gasteiger partial charge in [0, 0.05) is 17.5 Å². The Labute approximate surface area is 82.8 Å². The maximum absolute atomic E-state index is 8.95. The number of aromatic nitrogens is 1. The average Bonchev–Trinajstić information content (AvgIpc) is 2.54. The molecule has 0 saturated heterocycles. The lowest BCUT2D eigenvalue weighted by Gasteiger charge is -2.12. The van der Waals surface area contributed by atoms with Crippen LogP contribution in [0.25, 0.3) is 0 Å². The van der Waals surface area contributed by atoms with Gasteiger partial charge in [0.05, 0.1) is 17.8 Å². The lowest BCUT2D eigenvalue weighted by molar-refractivity contribution is 0.238. The van der Waals surface area contributed by atoms with E-state index in [-0.39, 0.29) is 12.6 Å². The summed E-state index contributed by atoms with van der Waals surface area (Å²) in [5, 5.41) is 12.2. The van der Waals surface area contributed by atoms with Gasteiger partial charge in [0.25, 0.3) is 0 Å². The molecule has 1 atom stereocenters. The van der Waals surface area contributed by atoms with Gasteiger partial charge in [0.2, 0.25) is 0 Å². The third-order valence-corrected chi connectivity index (χ3v) is 3.04. The number of nitrogens with one attached hydrogen (secondary N) is 1. The number of aliphatic hydroxyl groups is 1. The van der Waals surface area contributed by atoms with Crippen molar-refractivity contribution in [3.05, 3.63) is 16.1 Å². The second-order valence-corrected chi connectivity index (χ2v) is 3.97. The monoisotopic (exact) mass is 200 g/mol. The molecule has 0 saturated carbocycles. The number of thiazole rings is 1. The third kappa shape index (κ3) is 3.06. The molecule has 13 heavy (non-hydrogen) atoms. The normalized spacial score (nSPS) is 13.2. The predicted molar refractivity (Wildman–Crippen MR) is 54.9 cm³/mol. The van der Waals surface area contributed by atoms with Crippen molar-refractivity contribution in [3.63, 3.8) is 0 Å². The van der Waals surface area contributed by atoms with Gasteiger partial charge in [0.1, 0.15) is 0 Å². The molecule has 0 aliphatic carbocycles. The van der Waals surface area contributed by atoms with E-state index in [9.17, 15) is 0 Å². The van der Waals surface area contributed by atoms with Crippen LogP contribution in [0.15, 0.2) is 5.51 Å². The molecule has 0 aliphatic heterocycles. The molecule has 0 aliphatic rings. The van der Waals surface area contributed by atoms with Crippen molar-refractivity contribution in [1.82, 2.24) is 10.3 Å². The molecule has 1 heterocycles. The van der Waals surface area contributed by atoms with Crippen LogP contribution in [-0.4, -0.2) is 22.7 Å². The van der Waals surface area contributed by atoms with Crippen molar-refractivity contribution in [2.24, 2.45) is 0 Å². The highest BCUT2D eigenvalue weighted by molar-refractivity contribution is 7.09. The Kier molecular flexibility index (Phi) is 4.35. The van der Waals surface area contributed by atoms with Crippen LogP contribution in [0.1, 0.15) is 23.9 Å². The zero-order chi connectivity index (χ0) is 9.68. The Morgan fingerprint density at radius 3 is 2.92 bits per heavy atom. The van der Waals surface area contributed by atoms with Crippen LogP contribution in [0.3, 0.4) is 0 Å². The zero-order valence-corrected chi connectivity index (χ0v) is 8.90. The first-order valence-electron chi connectivity index (χ1n) is 4.51. The summed E-state index contributed by atoms with van der Waals surface area (Å²) in [6, 6.07) is 0.210. The van der Waals surface area contributed by atoms with Crippen LogP contribution in [0.4, 0.5) is 0 Å². The molecule has 0 radical (unpaired) electrons. The van der Waals surface area contributed by atoms with Crippen LogP contribution in [-0.2, 0) is 6.54 Å². The second-order valence-electron chi connectivity index (χ2n) is 3.03. The Bertz CT molecular complexity index is 246. The highest BCUT2D eigenvalue weighted by Crippen LogP contribution is 2.11. The smallest absolute Gasteiger partial charge is 0.0798 e. The van der Waals surface area contributed by atoms with Crippen LogP contribution >= 0.6 is 11.3 Å². The van der Waals surface area contributed by atoms with Crippen molar-refractivity contribution in [2.75, 3.05) is 6.61 Å². The summed E-state index contributed by atoms with van der Waals surface area (Å²) in [7, 11) is 0. The summed E-state index contributed by atoms with van der Waals surface area (Å²) >= 11 is 1.66. The van der Waals surface area contributed by atoms with Gasteiger partial charge in [-0.05, 0) is 13.3 Å². The number of nitrogens with zero attached hydrogens (tertiary/aromatic N) is 1. The van der Waals surface area contributed by atoms with Crippen LogP contribution in [0.5, 0.6) is 0 Å². The predicted octanol–water partition coefficient (Wildman–Crippen LogP) is 1.31. The zero-order valence-electron chi connectivity index (χ0n) is 8.08. The standard InChI is InChI=1S/C9H16N2OS/c1-3-8(5-12)10-4-9-7(2)11-6-13-9/h6,8,10,12H,3-5H2,1-2H3/t8-/m0/s1. The summed E-state index contributed by atoms with van der Waals surface area (Å²) in [5.41, 5.74) is 2.94. The minimum Gasteiger partial charge on any atom is -0.395 e. The Hall–Kier alpha value is -0.450. The summed E-state index contributed by atoms with van der Waals surface area (Å²) in [5.74, 6) is 0. The van der Waals surface area contributed by atoms with Crippen molar-refractivity contribution in [3.8, 4) is 0 Å². The Morgan fingerprint density at radius 1 is 1.69 bits per heavy atom. The average molecular weight is 200 g/mol. The van der Waals surface area contributed by atoms with Gasteiger partial charge in [-0.15, -0.1) is 11.3 Å². The van der Waals surface area contributed by atoms with Gasteiger partial charge in [-0.25, -0.2) is 4.98 Å². The maximum Gasteiger partial charge on any atom is 0.0798 e. The second kappa shape index (κ2) is 5.32. The molecule has 0 unspecified atom stereocenters. The van der Waals surface area contributed by atoms with Crippen LogP contribution in [0, 0.1) is 6.92 Å². The highest BCUT2D eigenvalue weighted by atomic mass is 32.1. The number of aliphatic hydroxyl groups excluding tert-OH is 1. The Morgan fingerprint density at radius 2 is 2.46 bits per heavy atom. The molecule has 0 spiro atoms. The molecule has 4 heteroatoms. The van der Waals surface area contributed by atoms with Crippen LogP contribution < -0.4 is 5.32 Å². The lowest BCUT2D eigenvalue weighted by atomic mass is 10.2. The lowest BCUT2D eigenvalue weighted by Crippen LogP contribution is -2.31. The summed E-state index contributed by atoms with van der Waals surface area (Å²) in [6.07, 6.45) is 0.953. The largest absolute Gasteiger partial charge is 0.395 e. The van der Waals surface area contributed by atoms with E-state index in [4.69, 9.17) is 5.11 Å². The minimum atomic E-state index is 0.203. The van der Waals surface area contributed by atoms with E-state index in [1.54, 1.807) is 11.3 Å². The quantitative estimate of drug-likeness (QED) is 0.753. The van der Waals surface area contributed by atoms with Gasteiger partial charge in [0.15, 0.2) is 0 Å². The van der Waals surface area contributed by atoms with E-state index in [1.807, 2.05) is 12.4 Å². The molecule has 2 N–H and O–H groups in total. The molecule has 0 fully saturated rings. The maximum atomic E-state index is 8.95. The number of aryl methyl sites for hydroxylation is 1. The third-order valence-electron chi connectivity index (χ3n) is 2.11. The van der Waals surface area contributed by atoms with Crippen molar-refractivity contribution >= 4 is 11.3 Å². The topological polar surface area (TPSA) is 45.1 Å². The molecular formula is C9H16N2OS. The first kappa shape index (κ1) is 10.6. The minimum absolute atomic E-state index is 0.203. The molecule has 1 rings (SSSR count). The number of hydrogen-bond acceptors (Lipinski definition) is 4. The fraction of sp³-hybridized carbons (Fsp3) is 0.667.